The molecule has 1 fully saturated rings. The van der Waals surface area contributed by atoms with Crippen LogP contribution in [0, 0.1) is 0 Å². The Morgan fingerprint density at radius 2 is 1.95 bits per heavy atom. The van der Waals surface area contributed by atoms with E-state index in [0.717, 1.165) is 24.8 Å². The number of aliphatic hydroxyl groups excluding tert-OH is 1. The topological polar surface area (TPSA) is 49.8 Å². The van der Waals surface area contributed by atoms with Crippen molar-refractivity contribution in [2.24, 2.45) is 0 Å². The van der Waals surface area contributed by atoms with Gasteiger partial charge in [-0.15, -0.1) is 0 Å². The SMILES string of the molecule is CC(C)(C)OC(=O)N1CCCC[C@@H]1[C@H](O)c1ccccc1. The van der Waals surface area contributed by atoms with Crippen molar-refractivity contribution in [2.45, 2.75) is 57.8 Å². The summed E-state index contributed by atoms with van der Waals surface area (Å²) in [4.78, 5) is 14.0. The molecule has 0 aromatic heterocycles. The van der Waals surface area contributed by atoms with Gasteiger partial charge in [0.2, 0.25) is 0 Å². The molecule has 21 heavy (non-hydrogen) atoms. The molecule has 0 radical (unpaired) electrons. The first-order chi connectivity index (χ1) is 9.88. The molecule has 1 heterocycles. The van der Waals surface area contributed by atoms with Crippen LogP contribution in [-0.4, -0.2) is 34.3 Å². The Labute approximate surface area is 126 Å². The zero-order valence-electron chi connectivity index (χ0n) is 13.1. The lowest BCUT2D eigenvalue weighted by Gasteiger charge is -2.39. The average Bonchev–Trinajstić information content (AvgIpc) is 2.45. The molecule has 1 aromatic rings. The van der Waals surface area contributed by atoms with Gasteiger partial charge >= 0.3 is 6.09 Å². The van der Waals surface area contributed by atoms with Crippen molar-refractivity contribution >= 4 is 6.09 Å². The van der Waals surface area contributed by atoms with E-state index in [1.165, 1.54) is 0 Å². The molecule has 4 heteroatoms. The lowest BCUT2D eigenvalue weighted by atomic mass is 9.93. The third-order valence-corrected chi connectivity index (χ3v) is 3.68. The molecule has 0 unspecified atom stereocenters. The average molecular weight is 291 g/mol. The Bertz CT molecular complexity index is 467. The number of hydrogen-bond donors (Lipinski definition) is 1. The minimum absolute atomic E-state index is 0.212. The molecular formula is C17H25NO3. The minimum Gasteiger partial charge on any atom is -0.444 e. The van der Waals surface area contributed by atoms with Gasteiger partial charge in [-0.3, -0.25) is 0 Å². The smallest absolute Gasteiger partial charge is 0.410 e. The van der Waals surface area contributed by atoms with Gasteiger partial charge in [-0.25, -0.2) is 4.79 Å². The highest BCUT2D eigenvalue weighted by molar-refractivity contribution is 5.68. The zero-order valence-corrected chi connectivity index (χ0v) is 13.1. The largest absolute Gasteiger partial charge is 0.444 e. The molecule has 1 aliphatic rings. The summed E-state index contributed by atoms with van der Waals surface area (Å²) in [6, 6.07) is 9.30. The second-order valence-corrected chi connectivity index (χ2v) is 6.59. The van der Waals surface area contributed by atoms with E-state index >= 15 is 0 Å². The predicted octanol–water partition coefficient (Wildman–Crippen LogP) is 3.51. The van der Waals surface area contributed by atoms with Crippen LogP contribution < -0.4 is 0 Å². The first-order valence-corrected chi connectivity index (χ1v) is 7.61. The molecule has 1 saturated heterocycles. The van der Waals surface area contributed by atoms with Crippen LogP contribution in [0.15, 0.2) is 30.3 Å². The standard InChI is InChI=1S/C17H25NO3/c1-17(2,3)21-16(20)18-12-8-7-11-14(18)15(19)13-9-5-4-6-10-13/h4-6,9-10,14-15,19H,7-8,11-12H2,1-3H3/t14-,15-/m1/s1. The van der Waals surface area contributed by atoms with Gasteiger partial charge in [-0.05, 0) is 45.6 Å². The molecular weight excluding hydrogens is 266 g/mol. The van der Waals surface area contributed by atoms with E-state index in [2.05, 4.69) is 0 Å². The van der Waals surface area contributed by atoms with Crippen molar-refractivity contribution in [3.63, 3.8) is 0 Å². The number of carbonyl (C=O) groups excluding carboxylic acids is 1. The van der Waals surface area contributed by atoms with Crippen LogP contribution in [0.1, 0.15) is 51.7 Å². The van der Waals surface area contributed by atoms with Crippen LogP contribution in [0.5, 0.6) is 0 Å². The van der Waals surface area contributed by atoms with Gasteiger partial charge in [0.1, 0.15) is 5.60 Å². The summed E-state index contributed by atoms with van der Waals surface area (Å²) in [6.07, 6.45) is 1.78. The summed E-state index contributed by atoms with van der Waals surface area (Å²) in [5.41, 5.74) is 0.328. The Morgan fingerprint density at radius 1 is 1.29 bits per heavy atom. The molecule has 1 aromatic carbocycles. The van der Waals surface area contributed by atoms with E-state index in [4.69, 9.17) is 4.74 Å². The van der Waals surface area contributed by atoms with Crippen molar-refractivity contribution in [1.29, 1.82) is 0 Å². The van der Waals surface area contributed by atoms with Crippen LogP contribution in [0.25, 0.3) is 0 Å². The summed E-state index contributed by atoms with van der Waals surface area (Å²) >= 11 is 0. The van der Waals surface area contributed by atoms with Gasteiger partial charge in [0.25, 0.3) is 0 Å². The molecule has 0 bridgehead atoms. The number of hydrogen-bond acceptors (Lipinski definition) is 3. The van der Waals surface area contributed by atoms with Gasteiger partial charge in [0.05, 0.1) is 12.1 Å². The van der Waals surface area contributed by atoms with Gasteiger partial charge in [-0.1, -0.05) is 30.3 Å². The van der Waals surface area contributed by atoms with E-state index in [-0.39, 0.29) is 12.1 Å². The Hall–Kier alpha value is -1.55. The van der Waals surface area contributed by atoms with E-state index in [1.54, 1.807) is 4.90 Å². The Morgan fingerprint density at radius 3 is 2.57 bits per heavy atom. The lowest BCUT2D eigenvalue weighted by Crippen LogP contribution is -2.48. The lowest BCUT2D eigenvalue weighted by molar-refractivity contribution is -0.0169. The van der Waals surface area contributed by atoms with E-state index in [9.17, 15) is 9.90 Å². The maximum absolute atomic E-state index is 12.4. The zero-order chi connectivity index (χ0) is 15.5. The fourth-order valence-corrected chi connectivity index (χ4v) is 2.71. The highest BCUT2D eigenvalue weighted by Gasteiger charge is 2.35. The number of rotatable bonds is 2. The number of benzene rings is 1. The van der Waals surface area contributed by atoms with Crippen LogP contribution in [0.4, 0.5) is 4.79 Å². The number of likely N-dealkylation sites (tertiary alicyclic amines) is 1. The highest BCUT2D eigenvalue weighted by atomic mass is 16.6. The van der Waals surface area contributed by atoms with Crippen LogP contribution >= 0.6 is 0 Å². The first-order valence-electron chi connectivity index (χ1n) is 7.61. The van der Waals surface area contributed by atoms with Crippen molar-refractivity contribution in [1.82, 2.24) is 4.90 Å². The number of carbonyl (C=O) groups is 1. The molecule has 4 nitrogen and oxygen atoms in total. The summed E-state index contributed by atoms with van der Waals surface area (Å²) < 4.78 is 5.47. The maximum atomic E-state index is 12.4. The summed E-state index contributed by atoms with van der Waals surface area (Å²) in [6.45, 7) is 6.22. The molecule has 0 saturated carbocycles. The van der Waals surface area contributed by atoms with Crippen molar-refractivity contribution in [3.05, 3.63) is 35.9 Å². The Kier molecular flexibility index (Phi) is 4.88. The summed E-state index contributed by atoms with van der Waals surface area (Å²) in [5, 5.41) is 10.6. The third-order valence-electron chi connectivity index (χ3n) is 3.68. The van der Waals surface area contributed by atoms with Gasteiger partial charge in [0.15, 0.2) is 0 Å². The second-order valence-electron chi connectivity index (χ2n) is 6.59. The first kappa shape index (κ1) is 15.8. The second kappa shape index (κ2) is 6.48. The quantitative estimate of drug-likeness (QED) is 0.907. The number of piperidine rings is 1. The minimum atomic E-state index is -0.668. The number of ether oxygens (including phenoxy) is 1. The van der Waals surface area contributed by atoms with Crippen molar-refractivity contribution < 1.29 is 14.6 Å². The molecule has 1 amide bonds. The molecule has 2 atom stereocenters. The molecule has 2 rings (SSSR count). The predicted molar refractivity (Wildman–Crippen MR) is 82.0 cm³/mol. The molecule has 0 spiro atoms. The van der Waals surface area contributed by atoms with Crippen LogP contribution in [0.2, 0.25) is 0 Å². The molecule has 1 N–H and O–H groups in total. The fraction of sp³-hybridized carbons (Fsp3) is 0.588. The summed E-state index contributed by atoms with van der Waals surface area (Å²) in [7, 11) is 0. The van der Waals surface area contributed by atoms with E-state index < -0.39 is 11.7 Å². The van der Waals surface area contributed by atoms with Gasteiger partial charge in [-0.2, -0.15) is 0 Å². The number of amides is 1. The summed E-state index contributed by atoms with van der Waals surface area (Å²) in [5.74, 6) is 0. The van der Waals surface area contributed by atoms with Crippen molar-refractivity contribution in [3.8, 4) is 0 Å². The fourth-order valence-electron chi connectivity index (χ4n) is 2.71. The maximum Gasteiger partial charge on any atom is 0.410 e. The van der Waals surface area contributed by atoms with Crippen LogP contribution in [-0.2, 0) is 4.74 Å². The van der Waals surface area contributed by atoms with Gasteiger partial charge < -0.3 is 14.7 Å². The molecule has 116 valence electrons. The molecule has 1 aliphatic heterocycles. The van der Waals surface area contributed by atoms with Crippen LogP contribution in [0.3, 0.4) is 0 Å². The Balaban J connectivity index is 2.13. The number of aliphatic hydroxyl groups is 1. The van der Waals surface area contributed by atoms with Gasteiger partial charge in [0, 0.05) is 6.54 Å². The molecule has 0 aliphatic carbocycles. The van der Waals surface area contributed by atoms with E-state index in [0.29, 0.717) is 6.54 Å². The monoisotopic (exact) mass is 291 g/mol. The normalized spacial score (nSPS) is 21.0. The number of nitrogens with zero attached hydrogens (tertiary/aromatic N) is 1. The van der Waals surface area contributed by atoms with E-state index in [1.807, 2.05) is 51.1 Å². The highest BCUT2D eigenvalue weighted by Crippen LogP contribution is 2.29. The van der Waals surface area contributed by atoms with Crippen molar-refractivity contribution in [2.75, 3.05) is 6.54 Å². The third kappa shape index (κ3) is 4.21.